The summed E-state index contributed by atoms with van der Waals surface area (Å²) in [5.41, 5.74) is 2.46. The molecule has 146 valence electrons. The number of carbonyl (C=O) groups is 1. The van der Waals surface area contributed by atoms with Crippen molar-refractivity contribution in [1.82, 2.24) is 10.3 Å². The Morgan fingerprint density at radius 2 is 1.96 bits per heavy atom. The summed E-state index contributed by atoms with van der Waals surface area (Å²) in [4.78, 5) is 17.2. The molecule has 3 aromatic rings. The van der Waals surface area contributed by atoms with Gasteiger partial charge in [-0.1, -0.05) is 37.3 Å². The molecule has 0 aliphatic rings. The van der Waals surface area contributed by atoms with E-state index < -0.39 is 0 Å². The largest absolute Gasteiger partial charge is 0.493 e. The molecule has 0 aliphatic carbocycles. The number of carbonyl (C=O) groups excluding carboxylic acids is 1. The first-order chi connectivity index (χ1) is 13.6. The Morgan fingerprint density at radius 1 is 1.18 bits per heavy atom. The molecule has 0 aliphatic heterocycles. The first kappa shape index (κ1) is 19.9. The molecule has 1 aromatic heterocycles. The third-order valence-electron chi connectivity index (χ3n) is 4.33. The van der Waals surface area contributed by atoms with Gasteiger partial charge in [0.05, 0.1) is 23.9 Å². The van der Waals surface area contributed by atoms with Crippen molar-refractivity contribution >= 4 is 17.2 Å². The zero-order valence-corrected chi connectivity index (χ0v) is 17.1. The molecule has 0 bridgehead atoms. The van der Waals surface area contributed by atoms with E-state index in [9.17, 15) is 4.79 Å². The Balaban J connectivity index is 1.67. The Morgan fingerprint density at radius 3 is 2.64 bits per heavy atom. The summed E-state index contributed by atoms with van der Waals surface area (Å²) in [7, 11) is 1.57. The van der Waals surface area contributed by atoms with E-state index in [2.05, 4.69) is 17.2 Å². The molecule has 1 unspecified atom stereocenters. The highest BCUT2D eigenvalue weighted by molar-refractivity contribution is 7.09. The highest BCUT2D eigenvalue weighted by Crippen LogP contribution is 2.29. The van der Waals surface area contributed by atoms with Gasteiger partial charge in [0.25, 0.3) is 5.91 Å². The average Bonchev–Trinajstić information content (AvgIpc) is 3.22. The van der Waals surface area contributed by atoms with Gasteiger partial charge in [-0.05, 0) is 37.1 Å². The first-order valence-electron chi connectivity index (χ1n) is 9.20. The molecule has 28 heavy (non-hydrogen) atoms. The Bertz CT molecular complexity index is 925. The number of aryl methyl sites for hydroxylation is 1. The van der Waals surface area contributed by atoms with Gasteiger partial charge in [-0.2, -0.15) is 0 Å². The summed E-state index contributed by atoms with van der Waals surface area (Å²) in [6.45, 7) is 4.43. The number of methoxy groups -OCH3 is 1. The van der Waals surface area contributed by atoms with E-state index in [1.807, 2.05) is 42.6 Å². The SMILES string of the molecule is CCc1nc(C(C)NC(=O)c2ccc(OCc3ccccc3)c(OC)c2)cs1. The van der Waals surface area contributed by atoms with E-state index in [0.29, 0.717) is 23.7 Å². The van der Waals surface area contributed by atoms with Crippen LogP contribution in [0, 0.1) is 0 Å². The summed E-state index contributed by atoms with van der Waals surface area (Å²) >= 11 is 1.61. The maximum atomic E-state index is 12.6. The van der Waals surface area contributed by atoms with E-state index in [1.54, 1.807) is 36.6 Å². The van der Waals surface area contributed by atoms with Crippen molar-refractivity contribution in [3.8, 4) is 11.5 Å². The van der Waals surface area contributed by atoms with Crippen molar-refractivity contribution in [3.05, 3.63) is 75.7 Å². The number of aromatic nitrogens is 1. The number of nitrogens with one attached hydrogen (secondary N) is 1. The molecular weight excluding hydrogens is 372 g/mol. The molecule has 1 amide bonds. The summed E-state index contributed by atoms with van der Waals surface area (Å²) in [6, 6.07) is 14.9. The van der Waals surface area contributed by atoms with Crippen molar-refractivity contribution in [3.63, 3.8) is 0 Å². The van der Waals surface area contributed by atoms with E-state index in [0.717, 1.165) is 22.7 Å². The van der Waals surface area contributed by atoms with Crippen molar-refractivity contribution in [1.29, 1.82) is 0 Å². The molecular formula is C22H24N2O3S. The van der Waals surface area contributed by atoms with Crippen LogP contribution in [-0.2, 0) is 13.0 Å². The summed E-state index contributed by atoms with van der Waals surface area (Å²) in [5, 5.41) is 6.05. The minimum Gasteiger partial charge on any atom is -0.493 e. The van der Waals surface area contributed by atoms with Crippen LogP contribution >= 0.6 is 11.3 Å². The molecule has 6 heteroatoms. The highest BCUT2D eigenvalue weighted by atomic mass is 32.1. The van der Waals surface area contributed by atoms with Crippen molar-refractivity contribution < 1.29 is 14.3 Å². The van der Waals surface area contributed by atoms with Gasteiger partial charge in [0.1, 0.15) is 6.61 Å². The second kappa shape index (κ2) is 9.37. The second-order valence-electron chi connectivity index (χ2n) is 6.35. The zero-order valence-electron chi connectivity index (χ0n) is 16.3. The average molecular weight is 397 g/mol. The molecule has 0 saturated heterocycles. The van der Waals surface area contributed by atoms with Crippen LogP contribution in [-0.4, -0.2) is 18.0 Å². The van der Waals surface area contributed by atoms with Crippen LogP contribution in [0.25, 0.3) is 0 Å². The van der Waals surface area contributed by atoms with Crippen LogP contribution < -0.4 is 14.8 Å². The van der Waals surface area contributed by atoms with E-state index in [-0.39, 0.29) is 11.9 Å². The fourth-order valence-corrected chi connectivity index (χ4v) is 3.54. The fraction of sp³-hybridized carbons (Fsp3) is 0.273. The van der Waals surface area contributed by atoms with E-state index in [1.165, 1.54) is 0 Å². The summed E-state index contributed by atoms with van der Waals surface area (Å²) < 4.78 is 11.3. The second-order valence-corrected chi connectivity index (χ2v) is 7.30. The third-order valence-corrected chi connectivity index (χ3v) is 5.34. The van der Waals surface area contributed by atoms with Crippen LogP contribution in [0.5, 0.6) is 11.5 Å². The first-order valence-corrected chi connectivity index (χ1v) is 10.1. The molecule has 0 fully saturated rings. The molecule has 3 rings (SSSR count). The Hall–Kier alpha value is -2.86. The number of amides is 1. The number of hydrogen-bond acceptors (Lipinski definition) is 5. The van der Waals surface area contributed by atoms with Gasteiger partial charge in [0.2, 0.25) is 0 Å². The topological polar surface area (TPSA) is 60.5 Å². The lowest BCUT2D eigenvalue weighted by Crippen LogP contribution is -2.26. The fourth-order valence-electron chi connectivity index (χ4n) is 2.70. The molecule has 0 saturated carbocycles. The van der Waals surface area contributed by atoms with Crippen LogP contribution in [0.4, 0.5) is 0 Å². The van der Waals surface area contributed by atoms with Gasteiger partial charge >= 0.3 is 0 Å². The minimum absolute atomic E-state index is 0.163. The van der Waals surface area contributed by atoms with Gasteiger partial charge < -0.3 is 14.8 Å². The van der Waals surface area contributed by atoms with Crippen molar-refractivity contribution in [2.75, 3.05) is 7.11 Å². The molecule has 0 spiro atoms. The number of benzene rings is 2. The standard InChI is InChI=1S/C22H24N2O3S/c1-4-21-24-18(14-28-21)15(2)23-22(25)17-10-11-19(20(12-17)26-3)27-13-16-8-6-5-7-9-16/h5-12,14-15H,4,13H2,1-3H3,(H,23,25). The maximum absolute atomic E-state index is 12.6. The van der Waals surface area contributed by atoms with E-state index in [4.69, 9.17) is 9.47 Å². The molecule has 1 heterocycles. The van der Waals surface area contributed by atoms with E-state index >= 15 is 0 Å². The predicted octanol–water partition coefficient (Wildman–Crippen LogP) is 4.78. The van der Waals surface area contributed by atoms with Crippen LogP contribution in [0.3, 0.4) is 0 Å². The zero-order chi connectivity index (χ0) is 19.9. The minimum atomic E-state index is -0.175. The molecule has 2 aromatic carbocycles. The smallest absolute Gasteiger partial charge is 0.251 e. The number of nitrogens with zero attached hydrogens (tertiary/aromatic N) is 1. The normalized spacial score (nSPS) is 11.7. The quantitative estimate of drug-likeness (QED) is 0.595. The molecule has 0 radical (unpaired) electrons. The van der Waals surface area contributed by atoms with Crippen LogP contribution in [0.15, 0.2) is 53.9 Å². The number of thiazole rings is 1. The number of rotatable bonds is 8. The number of hydrogen-bond donors (Lipinski definition) is 1. The van der Waals surface area contributed by atoms with Gasteiger partial charge in [0, 0.05) is 10.9 Å². The van der Waals surface area contributed by atoms with Crippen molar-refractivity contribution in [2.24, 2.45) is 0 Å². The van der Waals surface area contributed by atoms with Crippen LogP contribution in [0.1, 0.15) is 46.5 Å². The Labute approximate surface area is 169 Å². The lowest BCUT2D eigenvalue weighted by molar-refractivity contribution is 0.0938. The summed E-state index contributed by atoms with van der Waals surface area (Å²) in [6.07, 6.45) is 0.896. The molecule has 1 atom stereocenters. The summed E-state index contributed by atoms with van der Waals surface area (Å²) in [5.74, 6) is 0.952. The van der Waals surface area contributed by atoms with Gasteiger partial charge in [-0.3, -0.25) is 4.79 Å². The lowest BCUT2D eigenvalue weighted by atomic mass is 10.1. The predicted molar refractivity (Wildman–Crippen MR) is 111 cm³/mol. The Kier molecular flexibility index (Phi) is 6.66. The molecule has 5 nitrogen and oxygen atoms in total. The molecule has 1 N–H and O–H groups in total. The third kappa shape index (κ3) is 4.89. The van der Waals surface area contributed by atoms with Crippen LogP contribution in [0.2, 0.25) is 0 Å². The maximum Gasteiger partial charge on any atom is 0.251 e. The highest BCUT2D eigenvalue weighted by Gasteiger charge is 2.16. The van der Waals surface area contributed by atoms with Crippen molar-refractivity contribution in [2.45, 2.75) is 32.9 Å². The lowest BCUT2D eigenvalue weighted by Gasteiger charge is -2.14. The van der Waals surface area contributed by atoms with Gasteiger partial charge in [0.15, 0.2) is 11.5 Å². The van der Waals surface area contributed by atoms with Gasteiger partial charge in [-0.15, -0.1) is 11.3 Å². The monoisotopic (exact) mass is 396 g/mol. The number of ether oxygens (including phenoxy) is 2. The van der Waals surface area contributed by atoms with Gasteiger partial charge in [-0.25, -0.2) is 4.98 Å².